The van der Waals surface area contributed by atoms with E-state index in [9.17, 15) is 4.79 Å². The third kappa shape index (κ3) is 4.45. The Kier molecular flexibility index (Phi) is 5.79. The second-order valence-corrected chi connectivity index (χ2v) is 6.62. The third-order valence-electron chi connectivity index (χ3n) is 3.21. The summed E-state index contributed by atoms with van der Waals surface area (Å²) in [6, 6.07) is 7.36. The van der Waals surface area contributed by atoms with Gasteiger partial charge < -0.3 is 5.32 Å². The second kappa shape index (κ2) is 7.60. The summed E-state index contributed by atoms with van der Waals surface area (Å²) >= 11 is 7.26. The van der Waals surface area contributed by atoms with Crippen molar-refractivity contribution in [2.24, 2.45) is 5.92 Å². The largest absolute Gasteiger partial charge is 0.353 e. The van der Waals surface area contributed by atoms with Crippen LogP contribution in [-0.4, -0.2) is 37.9 Å². The Labute approximate surface area is 138 Å². The summed E-state index contributed by atoms with van der Waals surface area (Å²) in [5.41, 5.74) is 0.760. The lowest BCUT2D eigenvalue weighted by Crippen LogP contribution is -2.37. The molecule has 0 aliphatic rings. The van der Waals surface area contributed by atoms with Crippen LogP contribution in [0.25, 0.3) is 5.69 Å². The molecule has 1 N–H and O–H groups in total. The maximum absolute atomic E-state index is 11.9. The minimum atomic E-state index is -0.0353. The minimum Gasteiger partial charge on any atom is -0.353 e. The van der Waals surface area contributed by atoms with E-state index in [2.05, 4.69) is 34.7 Å². The molecule has 0 aliphatic carbocycles. The summed E-state index contributed by atoms with van der Waals surface area (Å²) in [5.74, 6) is 0.621. The number of aromatic nitrogens is 4. The van der Waals surface area contributed by atoms with Crippen molar-refractivity contribution < 1.29 is 4.79 Å². The molecule has 118 valence electrons. The summed E-state index contributed by atoms with van der Waals surface area (Å²) in [5, 5.41) is 15.7. The van der Waals surface area contributed by atoms with Crippen molar-refractivity contribution in [3.63, 3.8) is 0 Å². The normalized spacial score (nSPS) is 12.4. The first-order valence-corrected chi connectivity index (χ1v) is 8.30. The van der Waals surface area contributed by atoms with Gasteiger partial charge >= 0.3 is 0 Å². The Morgan fingerprint density at radius 3 is 2.86 bits per heavy atom. The molecule has 22 heavy (non-hydrogen) atoms. The van der Waals surface area contributed by atoms with Gasteiger partial charge in [-0.3, -0.25) is 4.79 Å². The second-order valence-electron chi connectivity index (χ2n) is 5.24. The van der Waals surface area contributed by atoms with Crippen LogP contribution in [0.5, 0.6) is 0 Å². The van der Waals surface area contributed by atoms with Crippen LogP contribution in [0.1, 0.15) is 20.8 Å². The molecule has 1 aromatic carbocycles. The molecular formula is C14H18ClN5OS. The quantitative estimate of drug-likeness (QED) is 0.819. The number of hydrogen-bond donors (Lipinski definition) is 1. The molecule has 0 radical (unpaired) electrons. The van der Waals surface area contributed by atoms with Gasteiger partial charge in [0, 0.05) is 11.1 Å². The number of thioether (sulfide) groups is 1. The standard InChI is InChI=1S/C14H18ClN5OS/c1-9(2)10(3)16-13(21)8-22-14-17-18-19-20(14)12-6-4-5-11(15)7-12/h4-7,9-10H,8H2,1-3H3,(H,16,21)/t10-/m1/s1. The average Bonchev–Trinajstić information content (AvgIpc) is 2.93. The van der Waals surface area contributed by atoms with Crippen LogP contribution in [-0.2, 0) is 4.79 Å². The molecule has 0 saturated heterocycles. The van der Waals surface area contributed by atoms with Crippen molar-refractivity contribution in [2.75, 3.05) is 5.75 Å². The van der Waals surface area contributed by atoms with Gasteiger partial charge in [-0.05, 0) is 41.5 Å². The molecule has 1 heterocycles. The molecule has 1 amide bonds. The Bertz CT molecular complexity index is 646. The predicted octanol–water partition coefficient (Wildman–Crippen LogP) is 2.57. The van der Waals surface area contributed by atoms with Crippen LogP contribution in [0.4, 0.5) is 0 Å². The van der Waals surface area contributed by atoms with E-state index in [1.165, 1.54) is 11.8 Å². The number of halogens is 1. The van der Waals surface area contributed by atoms with E-state index in [1.807, 2.05) is 19.1 Å². The highest BCUT2D eigenvalue weighted by atomic mass is 35.5. The number of carbonyl (C=O) groups is 1. The van der Waals surface area contributed by atoms with Crippen molar-refractivity contribution in [3.8, 4) is 5.69 Å². The average molecular weight is 340 g/mol. The summed E-state index contributed by atoms with van der Waals surface area (Å²) in [6.45, 7) is 6.12. The topological polar surface area (TPSA) is 72.7 Å². The van der Waals surface area contributed by atoms with E-state index in [-0.39, 0.29) is 17.7 Å². The molecule has 8 heteroatoms. The lowest BCUT2D eigenvalue weighted by Gasteiger charge is -2.17. The highest BCUT2D eigenvalue weighted by molar-refractivity contribution is 7.99. The van der Waals surface area contributed by atoms with Crippen LogP contribution in [0.2, 0.25) is 5.02 Å². The summed E-state index contributed by atoms with van der Waals surface area (Å²) in [4.78, 5) is 11.9. The Balaban J connectivity index is 2.00. The number of tetrazole rings is 1. The fraction of sp³-hybridized carbons (Fsp3) is 0.429. The first kappa shape index (κ1) is 16.8. The van der Waals surface area contributed by atoms with E-state index in [1.54, 1.807) is 16.8 Å². The van der Waals surface area contributed by atoms with Crippen molar-refractivity contribution in [1.82, 2.24) is 25.5 Å². The van der Waals surface area contributed by atoms with Crippen molar-refractivity contribution in [2.45, 2.75) is 32.0 Å². The molecule has 0 bridgehead atoms. The molecule has 2 rings (SSSR count). The number of carbonyl (C=O) groups excluding carboxylic acids is 1. The van der Waals surface area contributed by atoms with Crippen molar-refractivity contribution in [3.05, 3.63) is 29.3 Å². The predicted molar refractivity (Wildman–Crippen MR) is 87.3 cm³/mol. The lowest BCUT2D eigenvalue weighted by molar-refractivity contribution is -0.119. The lowest BCUT2D eigenvalue weighted by atomic mass is 10.1. The summed E-state index contributed by atoms with van der Waals surface area (Å²) < 4.78 is 1.57. The van der Waals surface area contributed by atoms with Gasteiger partial charge in [0.05, 0.1) is 11.4 Å². The molecule has 0 spiro atoms. The molecule has 1 aromatic heterocycles. The van der Waals surface area contributed by atoms with Crippen molar-refractivity contribution >= 4 is 29.3 Å². The van der Waals surface area contributed by atoms with Gasteiger partial charge in [-0.2, -0.15) is 4.68 Å². The van der Waals surface area contributed by atoms with Gasteiger partial charge in [0.1, 0.15) is 0 Å². The number of nitrogens with one attached hydrogen (secondary N) is 1. The molecule has 0 saturated carbocycles. The molecule has 0 aliphatic heterocycles. The van der Waals surface area contributed by atoms with Crippen LogP contribution in [0, 0.1) is 5.92 Å². The number of nitrogens with zero attached hydrogens (tertiary/aromatic N) is 4. The fourth-order valence-electron chi connectivity index (χ4n) is 1.63. The molecule has 1 atom stereocenters. The van der Waals surface area contributed by atoms with E-state index < -0.39 is 0 Å². The molecule has 2 aromatic rings. The minimum absolute atomic E-state index is 0.0353. The van der Waals surface area contributed by atoms with Gasteiger partial charge in [0.2, 0.25) is 11.1 Å². The van der Waals surface area contributed by atoms with Gasteiger partial charge in [-0.1, -0.05) is 43.3 Å². The van der Waals surface area contributed by atoms with Crippen molar-refractivity contribution in [1.29, 1.82) is 0 Å². The molecular weight excluding hydrogens is 322 g/mol. The summed E-state index contributed by atoms with van der Waals surface area (Å²) in [7, 11) is 0. The Morgan fingerprint density at radius 2 is 2.18 bits per heavy atom. The third-order valence-corrected chi connectivity index (χ3v) is 4.37. The van der Waals surface area contributed by atoms with Gasteiger partial charge in [-0.25, -0.2) is 0 Å². The number of amides is 1. The van der Waals surface area contributed by atoms with Gasteiger partial charge in [0.15, 0.2) is 0 Å². The maximum Gasteiger partial charge on any atom is 0.230 e. The highest BCUT2D eigenvalue weighted by Crippen LogP contribution is 2.20. The zero-order chi connectivity index (χ0) is 16.1. The van der Waals surface area contributed by atoms with E-state index in [4.69, 9.17) is 11.6 Å². The highest BCUT2D eigenvalue weighted by Gasteiger charge is 2.14. The van der Waals surface area contributed by atoms with Gasteiger partial charge in [-0.15, -0.1) is 5.10 Å². The first-order chi connectivity index (χ1) is 10.5. The first-order valence-electron chi connectivity index (χ1n) is 6.94. The number of rotatable bonds is 6. The zero-order valence-corrected chi connectivity index (χ0v) is 14.2. The van der Waals surface area contributed by atoms with E-state index in [0.29, 0.717) is 16.1 Å². The van der Waals surface area contributed by atoms with E-state index >= 15 is 0 Å². The maximum atomic E-state index is 11.9. The zero-order valence-electron chi connectivity index (χ0n) is 12.7. The monoisotopic (exact) mass is 339 g/mol. The van der Waals surface area contributed by atoms with Crippen LogP contribution < -0.4 is 5.32 Å². The number of benzene rings is 1. The van der Waals surface area contributed by atoms with Crippen LogP contribution in [0.3, 0.4) is 0 Å². The molecule has 0 fully saturated rings. The smallest absolute Gasteiger partial charge is 0.230 e. The Morgan fingerprint density at radius 1 is 1.41 bits per heavy atom. The van der Waals surface area contributed by atoms with Crippen LogP contribution in [0.15, 0.2) is 29.4 Å². The Hall–Kier alpha value is -1.60. The molecule has 0 unspecified atom stereocenters. The fourth-order valence-corrected chi connectivity index (χ4v) is 2.52. The molecule has 6 nitrogen and oxygen atoms in total. The SMILES string of the molecule is CC(C)[C@@H](C)NC(=O)CSc1nnnn1-c1cccc(Cl)c1. The van der Waals surface area contributed by atoms with Crippen LogP contribution >= 0.6 is 23.4 Å². The number of hydrogen-bond acceptors (Lipinski definition) is 5. The summed E-state index contributed by atoms with van der Waals surface area (Å²) in [6.07, 6.45) is 0. The van der Waals surface area contributed by atoms with E-state index in [0.717, 1.165) is 5.69 Å². The van der Waals surface area contributed by atoms with Gasteiger partial charge in [0.25, 0.3) is 0 Å².